The number of ether oxygens (including phenoxy) is 1. The molecular formula is C20H23F4IN4O2. The van der Waals surface area contributed by atoms with E-state index in [4.69, 9.17) is 0 Å². The number of hydrogen-bond donors (Lipinski definition) is 3. The number of anilines is 1. The van der Waals surface area contributed by atoms with E-state index >= 15 is 0 Å². The summed E-state index contributed by atoms with van der Waals surface area (Å²) in [4.78, 5) is 16.3. The Labute approximate surface area is 194 Å². The van der Waals surface area contributed by atoms with Gasteiger partial charge in [-0.15, -0.1) is 24.0 Å². The van der Waals surface area contributed by atoms with Crippen LogP contribution >= 0.6 is 24.0 Å². The van der Waals surface area contributed by atoms with Gasteiger partial charge in [-0.05, 0) is 48.9 Å². The van der Waals surface area contributed by atoms with Crippen molar-refractivity contribution in [2.75, 3.05) is 25.0 Å². The van der Waals surface area contributed by atoms with Crippen molar-refractivity contribution in [3.8, 4) is 5.75 Å². The third-order valence-corrected chi connectivity index (χ3v) is 3.63. The molecular weight excluding hydrogens is 531 g/mol. The number of alkyl halides is 3. The van der Waals surface area contributed by atoms with Crippen molar-refractivity contribution in [3.05, 3.63) is 59.9 Å². The maximum atomic E-state index is 12.9. The quantitative estimate of drug-likeness (QED) is 0.199. The Balaban J connectivity index is 0.00000480. The third kappa shape index (κ3) is 10.9. The van der Waals surface area contributed by atoms with Crippen molar-refractivity contribution < 1.29 is 27.1 Å². The lowest BCUT2D eigenvalue weighted by Crippen LogP contribution is -2.41. The number of carbonyl (C=O) groups excluding carboxylic acids is 1. The summed E-state index contributed by atoms with van der Waals surface area (Å²) in [7, 11) is 0. The van der Waals surface area contributed by atoms with E-state index in [0.717, 1.165) is 5.56 Å². The molecule has 0 aliphatic carbocycles. The summed E-state index contributed by atoms with van der Waals surface area (Å²) < 4.78 is 54.1. The zero-order chi connectivity index (χ0) is 22.0. The average Bonchev–Trinajstić information content (AvgIpc) is 2.70. The van der Waals surface area contributed by atoms with Crippen LogP contribution in [0.5, 0.6) is 5.75 Å². The number of nitrogens with zero attached hydrogens (tertiary/aromatic N) is 1. The van der Waals surface area contributed by atoms with Gasteiger partial charge in [-0.1, -0.05) is 12.1 Å². The molecule has 2 aromatic rings. The highest BCUT2D eigenvalue weighted by Gasteiger charge is 2.28. The molecule has 0 heterocycles. The molecule has 0 aromatic heterocycles. The minimum absolute atomic E-state index is 0. The van der Waals surface area contributed by atoms with Crippen molar-refractivity contribution in [2.24, 2.45) is 4.99 Å². The molecule has 6 nitrogen and oxygen atoms in total. The molecule has 0 saturated heterocycles. The molecule has 0 saturated carbocycles. The van der Waals surface area contributed by atoms with Crippen molar-refractivity contribution in [3.63, 3.8) is 0 Å². The van der Waals surface area contributed by atoms with Gasteiger partial charge in [-0.25, -0.2) is 9.38 Å². The zero-order valence-corrected chi connectivity index (χ0v) is 19.0. The fourth-order valence-electron chi connectivity index (χ4n) is 2.27. The first-order valence-electron chi connectivity index (χ1n) is 9.11. The van der Waals surface area contributed by atoms with Crippen LogP contribution in [0.25, 0.3) is 0 Å². The Hall–Kier alpha value is -2.57. The fourth-order valence-corrected chi connectivity index (χ4v) is 2.27. The van der Waals surface area contributed by atoms with Crippen molar-refractivity contribution in [2.45, 2.75) is 19.6 Å². The van der Waals surface area contributed by atoms with E-state index in [1.54, 1.807) is 12.1 Å². The lowest BCUT2D eigenvalue weighted by molar-refractivity contribution is -0.153. The Morgan fingerprint density at radius 1 is 1.03 bits per heavy atom. The number of carbonyl (C=O) groups is 1. The summed E-state index contributed by atoms with van der Waals surface area (Å²) in [6.07, 6.45) is -4.39. The molecule has 11 heteroatoms. The maximum absolute atomic E-state index is 12.9. The Morgan fingerprint density at radius 3 is 2.26 bits per heavy atom. The van der Waals surface area contributed by atoms with Gasteiger partial charge < -0.3 is 20.7 Å². The van der Waals surface area contributed by atoms with Crippen LogP contribution in [0.3, 0.4) is 0 Å². The first-order valence-corrected chi connectivity index (χ1v) is 9.11. The topological polar surface area (TPSA) is 74.8 Å². The number of rotatable bonds is 8. The van der Waals surface area contributed by atoms with Gasteiger partial charge in [-0.3, -0.25) is 4.79 Å². The van der Waals surface area contributed by atoms with E-state index in [9.17, 15) is 22.4 Å². The van der Waals surface area contributed by atoms with Gasteiger partial charge in [0.05, 0.1) is 13.1 Å². The van der Waals surface area contributed by atoms with Gasteiger partial charge in [0.1, 0.15) is 11.6 Å². The standard InChI is InChI=1S/C20H22F4N4O2.HI/c1-2-25-19(27-12-18(29)28-16-7-5-15(21)6-8-16)26-11-14-3-9-17(10-4-14)30-13-20(22,23)24;/h3-10H,2,11-13H2,1H3,(H,28,29)(H2,25,26,27);1H. The molecule has 170 valence electrons. The molecule has 2 aromatic carbocycles. The minimum atomic E-state index is -4.39. The lowest BCUT2D eigenvalue weighted by atomic mass is 10.2. The third-order valence-electron chi connectivity index (χ3n) is 3.63. The molecule has 0 aliphatic rings. The number of benzene rings is 2. The van der Waals surface area contributed by atoms with Gasteiger partial charge >= 0.3 is 6.18 Å². The number of hydrogen-bond acceptors (Lipinski definition) is 3. The summed E-state index contributed by atoms with van der Waals surface area (Å²) in [6, 6.07) is 11.5. The normalized spacial score (nSPS) is 11.3. The SMILES string of the molecule is CCNC(=NCc1ccc(OCC(F)(F)F)cc1)NCC(=O)Nc1ccc(F)cc1.I. The van der Waals surface area contributed by atoms with Crippen LogP contribution in [0.1, 0.15) is 12.5 Å². The summed E-state index contributed by atoms with van der Waals surface area (Å²) in [6.45, 7) is 1.26. The predicted molar refractivity (Wildman–Crippen MR) is 121 cm³/mol. The largest absolute Gasteiger partial charge is 0.484 e. The highest BCUT2D eigenvalue weighted by atomic mass is 127. The van der Waals surface area contributed by atoms with Gasteiger partial charge in [0.25, 0.3) is 0 Å². The second-order valence-corrected chi connectivity index (χ2v) is 6.15. The highest BCUT2D eigenvalue weighted by Crippen LogP contribution is 2.19. The van der Waals surface area contributed by atoms with Crippen LogP contribution < -0.4 is 20.7 Å². The number of aliphatic imine (C=N–C) groups is 1. The number of guanidine groups is 1. The van der Waals surface area contributed by atoms with E-state index in [1.165, 1.54) is 36.4 Å². The van der Waals surface area contributed by atoms with Gasteiger partial charge in [0.15, 0.2) is 12.6 Å². The van der Waals surface area contributed by atoms with Crippen LogP contribution in [0.4, 0.5) is 23.2 Å². The first-order chi connectivity index (χ1) is 14.2. The molecule has 0 bridgehead atoms. The maximum Gasteiger partial charge on any atom is 0.422 e. The Bertz CT molecular complexity index is 844. The Morgan fingerprint density at radius 2 is 1.68 bits per heavy atom. The van der Waals surface area contributed by atoms with E-state index in [-0.39, 0.29) is 48.7 Å². The van der Waals surface area contributed by atoms with Gasteiger partial charge in [-0.2, -0.15) is 13.2 Å². The number of amides is 1. The van der Waals surface area contributed by atoms with E-state index < -0.39 is 18.6 Å². The van der Waals surface area contributed by atoms with Crippen LogP contribution in [-0.2, 0) is 11.3 Å². The summed E-state index contributed by atoms with van der Waals surface area (Å²) in [5.74, 6) is -0.224. The second kappa shape index (κ2) is 13.0. The second-order valence-electron chi connectivity index (χ2n) is 6.15. The van der Waals surface area contributed by atoms with Crippen LogP contribution in [0.2, 0.25) is 0 Å². The molecule has 1 amide bonds. The molecule has 0 spiro atoms. The van der Waals surface area contributed by atoms with Gasteiger partial charge in [0, 0.05) is 12.2 Å². The minimum Gasteiger partial charge on any atom is -0.484 e. The zero-order valence-electron chi connectivity index (χ0n) is 16.6. The van der Waals surface area contributed by atoms with Crippen LogP contribution in [-0.4, -0.2) is 37.7 Å². The lowest BCUT2D eigenvalue weighted by Gasteiger charge is -2.12. The molecule has 0 aliphatic heterocycles. The van der Waals surface area contributed by atoms with Gasteiger partial charge in [0.2, 0.25) is 5.91 Å². The molecule has 0 atom stereocenters. The van der Waals surface area contributed by atoms with Crippen LogP contribution in [0.15, 0.2) is 53.5 Å². The molecule has 0 unspecified atom stereocenters. The summed E-state index contributed by atoms with van der Waals surface area (Å²) >= 11 is 0. The van der Waals surface area contributed by atoms with Crippen LogP contribution in [0, 0.1) is 5.82 Å². The number of halogens is 5. The smallest absolute Gasteiger partial charge is 0.422 e. The molecule has 0 fully saturated rings. The monoisotopic (exact) mass is 554 g/mol. The molecule has 31 heavy (non-hydrogen) atoms. The highest BCUT2D eigenvalue weighted by molar-refractivity contribution is 14.0. The molecule has 0 radical (unpaired) electrons. The summed E-state index contributed by atoms with van der Waals surface area (Å²) in [5, 5.41) is 8.49. The summed E-state index contributed by atoms with van der Waals surface area (Å²) in [5.41, 5.74) is 1.22. The predicted octanol–water partition coefficient (Wildman–Crippen LogP) is 4.08. The van der Waals surface area contributed by atoms with E-state index in [1.807, 2.05) is 6.92 Å². The first kappa shape index (κ1) is 26.5. The van der Waals surface area contributed by atoms with E-state index in [0.29, 0.717) is 18.2 Å². The fraction of sp³-hybridized carbons (Fsp3) is 0.300. The Kier molecular flexibility index (Phi) is 11.1. The van der Waals surface area contributed by atoms with Crippen molar-refractivity contribution in [1.82, 2.24) is 10.6 Å². The molecule has 3 N–H and O–H groups in total. The van der Waals surface area contributed by atoms with E-state index in [2.05, 4.69) is 25.7 Å². The van der Waals surface area contributed by atoms with Crippen molar-refractivity contribution in [1.29, 1.82) is 0 Å². The average molecular weight is 554 g/mol. The van der Waals surface area contributed by atoms with Crippen molar-refractivity contribution >= 4 is 41.5 Å². The molecule has 2 rings (SSSR count). The number of nitrogens with one attached hydrogen (secondary N) is 3.